The maximum atomic E-state index is 15.3. The molecule has 5 heteroatoms. The first-order valence-electron chi connectivity index (χ1n) is 12.0. The predicted molar refractivity (Wildman–Crippen MR) is 149 cm³/mol. The van der Waals surface area contributed by atoms with Crippen LogP contribution in [0, 0.1) is 25.5 Å². The first-order chi connectivity index (χ1) is 18.0. The van der Waals surface area contributed by atoms with Gasteiger partial charge in [0.1, 0.15) is 22.7 Å². The minimum absolute atomic E-state index is 0.339. The molecule has 6 aromatic rings. The molecule has 0 unspecified atom stereocenters. The minimum Gasteiger partial charge on any atom is -0.206 e. The van der Waals surface area contributed by atoms with E-state index in [2.05, 4.69) is 8.75 Å². The normalized spacial score (nSPS) is 11.2. The highest BCUT2D eigenvalue weighted by molar-refractivity contribution is 7.00. The van der Waals surface area contributed by atoms with Gasteiger partial charge in [0.25, 0.3) is 0 Å². The Labute approximate surface area is 218 Å². The zero-order valence-electron chi connectivity index (χ0n) is 20.3. The molecule has 2 nitrogen and oxygen atoms in total. The molecular formula is C32H22F2N2S. The van der Waals surface area contributed by atoms with Crippen LogP contribution in [0.2, 0.25) is 0 Å². The van der Waals surface area contributed by atoms with Crippen LogP contribution in [0.3, 0.4) is 0 Å². The summed E-state index contributed by atoms with van der Waals surface area (Å²) in [4.78, 5) is 0. The number of halogens is 2. The van der Waals surface area contributed by atoms with E-state index in [1.54, 1.807) is 36.4 Å². The van der Waals surface area contributed by atoms with E-state index in [-0.39, 0.29) is 11.6 Å². The molecule has 0 N–H and O–H groups in total. The standard InChI is InChI=1S/C32H22F2N2S/c1-19-3-7-21(8-4-19)23-11-13-25(29(33)17-23)27-15-16-28(32-31(27)35-37-36-32)26-14-12-24(18-30(26)34)22-9-5-20(2)6-10-22/h3-18H,1-2H3. The summed E-state index contributed by atoms with van der Waals surface area (Å²) in [6.45, 7) is 4.04. The van der Waals surface area contributed by atoms with Gasteiger partial charge in [-0.2, -0.15) is 8.75 Å². The molecule has 0 bridgehead atoms. The molecule has 6 rings (SSSR count). The second-order valence-corrected chi connectivity index (χ2v) is 9.77. The van der Waals surface area contributed by atoms with Crippen molar-refractivity contribution in [3.05, 3.63) is 120 Å². The largest absolute Gasteiger partial charge is 0.206 e. The molecule has 0 aliphatic rings. The molecule has 0 aliphatic carbocycles. The van der Waals surface area contributed by atoms with Gasteiger partial charge in [0.2, 0.25) is 0 Å². The van der Waals surface area contributed by atoms with Crippen molar-refractivity contribution in [1.29, 1.82) is 0 Å². The van der Waals surface area contributed by atoms with E-state index in [1.807, 2.05) is 74.5 Å². The number of fused-ring (bicyclic) bond motifs is 1. The van der Waals surface area contributed by atoms with Gasteiger partial charge in [-0.25, -0.2) is 8.78 Å². The molecule has 0 saturated carbocycles. The SMILES string of the molecule is Cc1ccc(-c2ccc(-c3ccc(-c4ccc(-c5ccc(C)cc5)cc4F)c4nsnc34)c(F)c2)cc1. The van der Waals surface area contributed by atoms with Crippen LogP contribution in [0.4, 0.5) is 8.78 Å². The van der Waals surface area contributed by atoms with Gasteiger partial charge in [-0.3, -0.25) is 0 Å². The van der Waals surface area contributed by atoms with Crippen molar-refractivity contribution >= 4 is 22.8 Å². The molecule has 0 atom stereocenters. The van der Waals surface area contributed by atoms with Gasteiger partial charge < -0.3 is 0 Å². The van der Waals surface area contributed by atoms with Crippen LogP contribution >= 0.6 is 11.7 Å². The number of nitrogens with zero attached hydrogens (tertiary/aromatic N) is 2. The quantitative estimate of drug-likeness (QED) is 0.239. The Morgan fingerprint density at radius 1 is 0.459 bits per heavy atom. The van der Waals surface area contributed by atoms with E-state index in [9.17, 15) is 0 Å². The van der Waals surface area contributed by atoms with Gasteiger partial charge in [0, 0.05) is 22.3 Å². The van der Waals surface area contributed by atoms with Crippen LogP contribution in [0.15, 0.2) is 97.1 Å². The number of hydrogen-bond acceptors (Lipinski definition) is 3. The smallest absolute Gasteiger partial charge is 0.131 e. The molecular weight excluding hydrogens is 482 g/mol. The maximum absolute atomic E-state index is 15.3. The summed E-state index contributed by atoms with van der Waals surface area (Å²) in [6.07, 6.45) is 0. The predicted octanol–water partition coefficient (Wildman–Crippen LogP) is 9.25. The van der Waals surface area contributed by atoms with Crippen molar-refractivity contribution in [2.24, 2.45) is 0 Å². The minimum atomic E-state index is -0.339. The number of hydrogen-bond donors (Lipinski definition) is 0. The van der Waals surface area contributed by atoms with Crippen LogP contribution in [0.1, 0.15) is 11.1 Å². The lowest BCUT2D eigenvalue weighted by atomic mass is 9.94. The summed E-state index contributed by atoms with van der Waals surface area (Å²) in [6, 6.07) is 30.0. The van der Waals surface area contributed by atoms with E-state index < -0.39 is 0 Å². The summed E-state index contributed by atoms with van der Waals surface area (Å²) in [5.41, 5.74) is 9.11. The Balaban J connectivity index is 1.39. The Morgan fingerprint density at radius 2 is 0.811 bits per heavy atom. The van der Waals surface area contributed by atoms with Crippen molar-refractivity contribution in [2.75, 3.05) is 0 Å². The Hall–Kier alpha value is -4.22. The van der Waals surface area contributed by atoms with Gasteiger partial charge in [0.05, 0.1) is 11.7 Å². The van der Waals surface area contributed by atoms with Gasteiger partial charge in [-0.1, -0.05) is 96.1 Å². The molecule has 37 heavy (non-hydrogen) atoms. The van der Waals surface area contributed by atoms with Crippen LogP contribution in [0.25, 0.3) is 55.5 Å². The molecule has 0 aliphatic heterocycles. The number of benzene rings is 5. The zero-order chi connectivity index (χ0) is 25.5. The lowest BCUT2D eigenvalue weighted by Crippen LogP contribution is -1.92. The van der Waals surface area contributed by atoms with Crippen LogP contribution < -0.4 is 0 Å². The van der Waals surface area contributed by atoms with Crippen LogP contribution in [-0.2, 0) is 0 Å². The third-order valence-electron chi connectivity index (χ3n) is 6.70. The third-order valence-corrected chi connectivity index (χ3v) is 7.23. The fourth-order valence-corrected chi connectivity index (χ4v) is 5.19. The first-order valence-corrected chi connectivity index (χ1v) is 12.7. The Kier molecular flexibility index (Phi) is 5.85. The topological polar surface area (TPSA) is 25.8 Å². The summed E-state index contributed by atoms with van der Waals surface area (Å²) in [5, 5.41) is 0. The summed E-state index contributed by atoms with van der Waals surface area (Å²) in [5.74, 6) is -0.678. The van der Waals surface area contributed by atoms with E-state index >= 15 is 8.78 Å². The summed E-state index contributed by atoms with van der Waals surface area (Å²) in [7, 11) is 0. The molecule has 1 heterocycles. The first kappa shape index (κ1) is 23.2. The Morgan fingerprint density at radius 3 is 1.19 bits per heavy atom. The van der Waals surface area contributed by atoms with Crippen molar-refractivity contribution in [3.63, 3.8) is 0 Å². The fraction of sp³-hybridized carbons (Fsp3) is 0.0625. The number of rotatable bonds is 4. The second kappa shape index (κ2) is 9.34. The highest BCUT2D eigenvalue weighted by Crippen LogP contribution is 2.38. The average Bonchev–Trinajstić information content (AvgIpc) is 3.40. The Bertz CT molecular complexity index is 1620. The van der Waals surface area contributed by atoms with Gasteiger partial charge in [-0.05, 0) is 48.2 Å². The summed E-state index contributed by atoms with van der Waals surface area (Å²) >= 11 is 1.04. The molecule has 1 aromatic heterocycles. The molecule has 0 spiro atoms. The van der Waals surface area contributed by atoms with Crippen molar-refractivity contribution in [3.8, 4) is 44.5 Å². The third kappa shape index (κ3) is 4.32. The number of aromatic nitrogens is 2. The zero-order valence-corrected chi connectivity index (χ0v) is 21.1. The second-order valence-electron chi connectivity index (χ2n) is 9.24. The monoisotopic (exact) mass is 504 g/mol. The fourth-order valence-electron chi connectivity index (χ4n) is 4.62. The lowest BCUT2D eigenvalue weighted by Gasteiger charge is -2.11. The molecule has 5 aromatic carbocycles. The van der Waals surface area contributed by atoms with Gasteiger partial charge in [-0.15, -0.1) is 0 Å². The van der Waals surface area contributed by atoms with Crippen molar-refractivity contribution in [1.82, 2.24) is 8.75 Å². The van der Waals surface area contributed by atoms with Crippen molar-refractivity contribution < 1.29 is 8.78 Å². The van der Waals surface area contributed by atoms with Crippen molar-refractivity contribution in [2.45, 2.75) is 13.8 Å². The van der Waals surface area contributed by atoms with E-state index in [0.717, 1.165) is 45.1 Å². The molecule has 0 saturated heterocycles. The molecule has 0 radical (unpaired) electrons. The number of aryl methyl sites for hydroxylation is 2. The molecule has 0 fully saturated rings. The molecule has 180 valence electrons. The van der Waals surface area contributed by atoms with Gasteiger partial charge in [0.15, 0.2) is 0 Å². The van der Waals surface area contributed by atoms with E-state index in [1.165, 1.54) is 0 Å². The highest BCUT2D eigenvalue weighted by atomic mass is 32.1. The maximum Gasteiger partial charge on any atom is 0.131 e. The highest BCUT2D eigenvalue weighted by Gasteiger charge is 2.18. The van der Waals surface area contributed by atoms with E-state index in [0.29, 0.717) is 33.3 Å². The van der Waals surface area contributed by atoms with Gasteiger partial charge >= 0.3 is 0 Å². The van der Waals surface area contributed by atoms with E-state index in [4.69, 9.17) is 0 Å². The van der Waals surface area contributed by atoms with Crippen LogP contribution in [0.5, 0.6) is 0 Å². The summed E-state index contributed by atoms with van der Waals surface area (Å²) < 4.78 is 39.6. The average molecular weight is 505 g/mol. The lowest BCUT2D eigenvalue weighted by molar-refractivity contribution is 0.631. The molecule has 0 amide bonds. The van der Waals surface area contributed by atoms with Crippen LogP contribution in [-0.4, -0.2) is 8.75 Å².